The molecular formula is C15H25N5O2. The summed E-state index contributed by atoms with van der Waals surface area (Å²) in [7, 11) is 1.73. The van der Waals surface area contributed by atoms with Gasteiger partial charge in [-0.1, -0.05) is 19.0 Å². The quantitative estimate of drug-likeness (QED) is 0.624. The fourth-order valence-corrected chi connectivity index (χ4v) is 2.49. The molecule has 1 aromatic heterocycles. The van der Waals surface area contributed by atoms with E-state index in [0.717, 1.165) is 37.4 Å². The van der Waals surface area contributed by atoms with E-state index in [-0.39, 0.29) is 11.9 Å². The number of nitrogens with one attached hydrogen (secondary N) is 2. The third kappa shape index (κ3) is 4.22. The van der Waals surface area contributed by atoms with E-state index < -0.39 is 0 Å². The van der Waals surface area contributed by atoms with Crippen LogP contribution in [0.15, 0.2) is 15.6 Å². The van der Waals surface area contributed by atoms with E-state index in [9.17, 15) is 4.79 Å². The Bertz CT molecular complexity index is 526. The van der Waals surface area contributed by atoms with E-state index in [0.29, 0.717) is 18.9 Å². The van der Waals surface area contributed by atoms with Crippen LogP contribution in [0.2, 0.25) is 0 Å². The Labute approximate surface area is 131 Å². The third-order valence-electron chi connectivity index (χ3n) is 3.81. The largest absolute Gasteiger partial charge is 0.359 e. The van der Waals surface area contributed by atoms with E-state index in [1.165, 1.54) is 0 Å². The van der Waals surface area contributed by atoms with Gasteiger partial charge in [-0.15, -0.1) is 0 Å². The lowest BCUT2D eigenvalue weighted by Gasteiger charge is -2.18. The number of aromatic nitrogens is 1. The number of carbonyl (C=O) groups is 1. The highest BCUT2D eigenvalue weighted by Crippen LogP contribution is 2.10. The van der Waals surface area contributed by atoms with Gasteiger partial charge < -0.3 is 20.1 Å². The Hall–Kier alpha value is -2.05. The Morgan fingerprint density at radius 2 is 2.36 bits per heavy atom. The maximum Gasteiger partial charge on any atom is 0.222 e. The van der Waals surface area contributed by atoms with Gasteiger partial charge in [0.2, 0.25) is 5.91 Å². The minimum Gasteiger partial charge on any atom is -0.359 e. The van der Waals surface area contributed by atoms with Crippen molar-refractivity contribution in [2.24, 2.45) is 4.99 Å². The zero-order valence-electron chi connectivity index (χ0n) is 13.6. The van der Waals surface area contributed by atoms with Gasteiger partial charge in [-0.05, 0) is 12.8 Å². The number of amides is 1. The molecule has 1 aliphatic heterocycles. The van der Waals surface area contributed by atoms with Gasteiger partial charge in [0.05, 0.1) is 12.2 Å². The van der Waals surface area contributed by atoms with Gasteiger partial charge >= 0.3 is 0 Å². The van der Waals surface area contributed by atoms with Gasteiger partial charge in [0, 0.05) is 38.7 Å². The molecule has 2 N–H and O–H groups in total. The van der Waals surface area contributed by atoms with Crippen LogP contribution >= 0.6 is 0 Å². The predicted octanol–water partition coefficient (Wildman–Crippen LogP) is 0.913. The zero-order valence-corrected chi connectivity index (χ0v) is 13.6. The van der Waals surface area contributed by atoms with E-state index in [2.05, 4.69) is 20.8 Å². The molecule has 7 nitrogen and oxygen atoms in total. The van der Waals surface area contributed by atoms with Crippen LogP contribution in [-0.4, -0.2) is 48.1 Å². The Morgan fingerprint density at radius 1 is 1.55 bits per heavy atom. The second-order valence-corrected chi connectivity index (χ2v) is 5.39. The highest BCUT2D eigenvalue weighted by Gasteiger charge is 2.25. The van der Waals surface area contributed by atoms with Crippen LogP contribution in [-0.2, 0) is 17.8 Å². The topological polar surface area (TPSA) is 82.8 Å². The van der Waals surface area contributed by atoms with Crippen molar-refractivity contribution >= 4 is 11.9 Å². The molecule has 0 aliphatic carbocycles. The Balaban J connectivity index is 1.79. The van der Waals surface area contributed by atoms with Crippen molar-refractivity contribution in [3.63, 3.8) is 0 Å². The number of hydrogen-bond donors (Lipinski definition) is 2. The van der Waals surface area contributed by atoms with Crippen LogP contribution in [0, 0.1) is 0 Å². The van der Waals surface area contributed by atoms with Gasteiger partial charge in [-0.25, -0.2) is 0 Å². The summed E-state index contributed by atoms with van der Waals surface area (Å²) in [4.78, 5) is 17.8. The van der Waals surface area contributed by atoms with Crippen LogP contribution in [0.1, 0.15) is 38.1 Å². The predicted molar refractivity (Wildman–Crippen MR) is 84.5 cm³/mol. The van der Waals surface area contributed by atoms with Gasteiger partial charge in [-0.3, -0.25) is 9.79 Å². The SMILES string of the molecule is CCC(=O)N1CCC(NC(=NC)NCc2cc(CC)no2)C1. The lowest BCUT2D eigenvalue weighted by atomic mass is 10.3. The van der Waals surface area contributed by atoms with Crippen LogP contribution < -0.4 is 10.6 Å². The number of rotatable bonds is 5. The Morgan fingerprint density at radius 3 is 3.00 bits per heavy atom. The van der Waals surface area contributed by atoms with Crippen molar-refractivity contribution < 1.29 is 9.32 Å². The zero-order chi connectivity index (χ0) is 15.9. The molecule has 1 fully saturated rings. The molecule has 1 amide bonds. The number of nitrogens with zero attached hydrogens (tertiary/aromatic N) is 3. The molecule has 0 bridgehead atoms. The Kier molecular flexibility index (Phi) is 5.80. The van der Waals surface area contributed by atoms with Crippen molar-refractivity contribution in [2.75, 3.05) is 20.1 Å². The molecule has 1 aromatic rings. The number of guanidine groups is 1. The molecule has 0 spiro atoms. The molecule has 122 valence electrons. The fraction of sp³-hybridized carbons (Fsp3) is 0.667. The maximum absolute atomic E-state index is 11.7. The number of likely N-dealkylation sites (tertiary alicyclic amines) is 1. The number of aryl methyl sites for hydroxylation is 1. The summed E-state index contributed by atoms with van der Waals surface area (Å²) < 4.78 is 5.24. The first-order valence-corrected chi connectivity index (χ1v) is 7.85. The summed E-state index contributed by atoms with van der Waals surface area (Å²) in [6, 6.07) is 2.18. The van der Waals surface area contributed by atoms with Gasteiger partial charge in [0.25, 0.3) is 0 Å². The molecule has 0 radical (unpaired) electrons. The summed E-state index contributed by atoms with van der Waals surface area (Å²) in [5.41, 5.74) is 0.948. The lowest BCUT2D eigenvalue weighted by Crippen LogP contribution is -2.44. The second-order valence-electron chi connectivity index (χ2n) is 5.39. The number of carbonyl (C=O) groups excluding carboxylic acids is 1. The molecule has 7 heteroatoms. The molecule has 0 aromatic carbocycles. The average molecular weight is 307 g/mol. The first-order chi connectivity index (χ1) is 10.7. The van der Waals surface area contributed by atoms with Crippen LogP contribution in [0.4, 0.5) is 0 Å². The molecule has 2 rings (SSSR count). The standard InChI is InChI=1S/C15H25N5O2/c1-4-11-8-13(22-19-11)9-17-15(16-3)18-12-6-7-20(10-12)14(21)5-2/h8,12H,4-7,9-10H2,1-3H3,(H2,16,17,18). The van der Waals surface area contributed by atoms with Crippen molar-refractivity contribution in [2.45, 2.75) is 45.7 Å². The first-order valence-electron chi connectivity index (χ1n) is 7.85. The van der Waals surface area contributed by atoms with Crippen molar-refractivity contribution in [1.29, 1.82) is 0 Å². The molecule has 1 atom stereocenters. The molecule has 1 saturated heterocycles. The summed E-state index contributed by atoms with van der Waals surface area (Å²) in [6.07, 6.45) is 2.36. The summed E-state index contributed by atoms with van der Waals surface area (Å²) in [5, 5.41) is 10.5. The van der Waals surface area contributed by atoms with Gasteiger partial charge in [-0.2, -0.15) is 0 Å². The number of hydrogen-bond acceptors (Lipinski definition) is 4. The summed E-state index contributed by atoms with van der Waals surface area (Å²) >= 11 is 0. The van der Waals surface area contributed by atoms with Crippen molar-refractivity contribution in [1.82, 2.24) is 20.7 Å². The lowest BCUT2D eigenvalue weighted by molar-refractivity contribution is -0.129. The molecule has 1 unspecified atom stereocenters. The monoisotopic (exact) mass is 307 g/mol. The van der Waals surface area contributed by atoms with Gasteiger partial charge in [0.15, 0.2) is 11.7 Å². The van der Waals surface area contributed by atoms with Crippen LogP contribution in [0.3, 0.4) is 0 Å². The van der Waals surface area contributed by atoms with Crippen molar-refractivity contribution in [3.8, 4) is 0 Å². The van der Waals surface area contributed by atoms with Gasteiger partial charge in [0.1, 0.15) is 0 Å². The molecule has 1 aliphatic rings. The molecule has 2 heterocycles. The van der Waals surface area contributed by atoms with E-state index >= 15 is 0 Å². The smallest absolute Gasteiger partial charge is 0.222 e. The number of aliphatic imine (C=N–C) groups is 1. The van der Waals surface area contributed by atoms with Crippen LogP contribution in [0.25, 0.3) is 0 Å². The third-order valence-corrected chi connectivity index (χ3v) is 3.81. The molecule has 22 heavy (non-hydrogen) atoms. The molecular weight excluding hydrogens is 282 g/mol. The minimum absolute atomic E-state index is 0.209. The average Bonchev–Trinajstić information content (AvgIpc) is 3.19. The molecule has 0 saturated carbocycles. The summed E-state index contributed by atoms with van der Waals surface area (Å²) in [6.45, 7) is 6.01. The van der Waals surface area contributed by atoms with E-state index in [4.69, 9.17) is 4.52 Å². The van der Waals surface area contributed by atoms with Crippen molar-refractivity contribution in [3.05, 3.63) is 17.5 Å². The van der Waals surface area contributed by atoms with E-state index in [1.54, 1.807) is 7.05 Å². The highest BCUT2D eigenvalue weighted by molar-refractivity contribution is 5.80. The minimum atomic E-state index is 0.209. The maximum atomic E-state index is 11.7. The summed E-state index contributed by atoms with van der Waals surface area (Å²) in [5.74, 6) is 1.71. The van der Waals surface area contributed by atoms with Crippen LogP contribution in [0.5, 0.6) is 0 Å². The second kappa shape index (κ2) is 7.82. The highest BCUT2D eigenvalue weighted by atomic mass is 16.5. The normalized spacial score (nSPS) is 18.6. The first kappa shape index (κ1) is 16.3. The fourth-order valence-electron chi connectivity index (χ4n) is 2.49. The van der Waals surface area contributed by atoms with E-state index in [1.807, 2.05) is 24.8 Å².